The van der Waals surface area contributed by atoms with E-state index in [1.807, 2.05) is 29.7 Å². The van der Waals surface area contributed by atoms with Gasteiger partial charge in [0, 0.05) is 16.0 Å². The molecule has 0 atom stereocenters. The monoisotopic (exact) mass is 272 g/mol. The van der Waals surface area contributed by atoms with E-state index in [1.54, 1.807) is 4.52 Å². The molecule has 0 aliphatic heterocycles. The number of fused-ring (bicyclic) bond motifs is 1. The summed E-state index contributed by atoms with van der Waals surface area (Å²) in [4.78, 5) is 7.19. The van der Waals surface area contributed by atoms with Crippen molar-refractivity contribution in [1.29, 1.82) is 0 Å². The predicted molar refractivity (Wildman–Crippen MR) is 78.7 cm³/mol. The Morgan fingerprint density at radius 2 is 2.11 bits per heavy atom. The summed E-state index contributed by atoms with van der Waals surface area (Å²) < 4.78 is 1.79. The van der Waals surface area contributed by atoms with E-state index in [1.165, 1.54) is 15.3 Å². The molecule has 1 N–H and O–H groups in total. The number of hydrogen-bond donors (Lipinski definition) is 1. The molecule has 3 heterocycles. The maximum absolute atomic E-state index is 4.46. The van der Waals surface area contributed by atoms with E-state index < -0.39 is 0 Å². The second-order valence-electron chi connectivity index (χ2n) is 4.52. The zero-order valence-electron chi connectivity index (χ0n) is 11.1. The van der Waals surface area contributed by atoms with Crippen LogP contribution in [0, 0.1) is 6.92 Å². The van der Waals surface area contributed by atoms with Gasteiger partial charge < -0.3 is 5.32 Å². The molecule has 0 aliphatic rings. The van der Waals surface area contributed by atoms with Gasteiger partial charge >= 0.3 is 0 Å². The first-order chi connectivity index (χ1) is 9.24. The highest BCUT2D eigenvalue weighted by Gasteiger charge is 2.04. The van der Waals surface area contributed by atoms with Gasteiger partial charge in [-0.2, -0.15) is 4.98 Å². The minimum absolute atomic E-state index is 0.678. The largest absolute Gasteiger partial charge is 0.348 e. The fraction of sp³-hybridized carbons (Fsp3) is 0.286. The van der Waals surface area contributed by atoms with E-state index in [-0.39, 0.29) is 0 Å². The summed E-state index contributed by atoms with van der Waals surface area (Å²) in [6.45, 7) is 5.01. The van der Waals surface area contributed by atoms with Gasteiger partial charge in [0.05, 0.1) is 6.54 Å². The lowest BCUT2D eigenvalue weighted by Crippen LogP contribution is -1.99. The molecule has 0 amide bonds. The molecule has 0 saturated heterocycles. The Morgan fingerprint density at radius 1 is 1.26 bits per heavy atom. The first kappa shape index (κ1) is 12.2. The van der Waals surface area contributed by atoms with Crippen LogP contribution in [0.15, 0.2) is 30.5 Å². The van der Waals surface area contributed by atoms with E-state index in [4.69, 9.17) is 0 Å². The number of rotatable bonds is 4. The second-order valence-corrected chi connectivity index (χ2v) is 5.77. The van der Waals surface area contributed by atoms with Gasteiger partial charge in [-0.05, 0) is 43.2 Å². The molecule has 5 heteroatoms. The first-order valence-electron chi connectivity index (χ1n) is 6.39. The minimum atomic E-state index is 0.678. The van der Waals surface area contributed by atoms with Crippen molar-refractivity contribution in [1.82, 2.24) is 14.6 Å². The van der Waals surface area contributed by atoms with Gasteiger partial charge in [0.1, 0.15) is 0 Å². The third-order valence-corrected chi connectivity index (χ3v) is 4.21. The number of aryl methyl sites for hydroxylation is 2. The van der Waals surface area contributed by atoms with Crippen LogP contribution in [0.3, 0.4) is 0 Å². The van der Waals surface area contributed by atoms with Gasteiger partial charge in [-0.1, -0.05) is 6.92 Å². The van der Waals surface area contributed by atoms with E-state index in [9.17, 15) is 0 Å². The number of nitrogens with zero attached hydrogens (tertiary/aromatic N) is 3. The Bertz CT molecular complexity index is 698. The number of nitrogens with one attached hydrogen (secondary N) is 1. The summed E-state index contributed by atoms with van der Waals surface area (Å²) in [5, 5.41) is 7.67. The smallest absolute Gasteiger partial charge is 0.243 e. The van der Waals surface area contributed by atoms with E-state index >= 15 is 0 Å². The molecule has 0 aromatic carbocycles. The van der Waals surface area contributed by atoms with Gasteiger partial charge in [0.2, 0.25) is 5.95 Å². The summed E-state index contributed by atoms with van der Waals surface area (Å²) in [5.74, 6) is 0.678. The fourth-order valence-electron chi connectivity index (χ4n) is 1.93. The Balaban J connectivity index is 1.74. The second kappa shape index (κ2) is 5.01. The van der Waals surface area contributed by atoms with Gasteiger partial charge in [-0.25, -0.2) is 4.52 Å². The maximum atomic E-state index is 4.46. The third kappa shape index (κ3) is 2.61. The lowest BCUT2D eigenvalue weighted by atomic mass is 10.3. The molecule has 3 rings (SSSR count). The Hall–Kier alpha value is -1.88. The van der Waals surface area contributed by atoms with Crippen molar-refractivity contribution in [3.05, 3.63) is 45.8 Å². The minimum Gasteiger partial charge on any atom is -0.348 e. The van der Waals surface area contributed by atoms with Crippen molar-refractivity contribution in [2.24, 2.45) is 0 Å². The number of thiophene rings is 1. The molecule has 19 heavy (non-hydrogen) atoms. The van der Waals surface area contributed by atoms with Crippen LogP contribution >= 0.6 is 11.3 Å². The molecule has 0 radical (unpaired) electrons. The van der Waals surface area contributed by atoms with E-state index in [2.05, 4.69) is 41.4 Å². The molecule has 3 aromatic heterocycles. The molecule has 0 bridgehead atoms. The lowest BCUT2D eigenvalue weighted by molar-refractivity contribution is 0.949. The van der Waals surface area contributed by atoms with Gasteiger partial charge in [0.15, 0.2) is 5.65 Å². The topological polar surface area (TPSA) is 42.2 Å². The zero-order valence-corrected chi connectivity index (χ0v) is 11.9. The molecular weight excluding hydrogens is 256 g/mol. The van der Waals surface area contributed by atoms with E-state index in [0.717, 1.165) is 18.6 Å². The molecule has 0 aliphatic carbocycles. The predicted octanol–water partition coefficient (Wildman–Crippen LogP) is 3.27. The molecule has 0 fully saturated rings. The summed E-state index contributed by atoms with van der Waals surface area (Å²) in [7, 11) is 0. The highest BCUT2D eigenvalue weighted by molar-refractivity contribution is 7.12. The van der Waals surface area contributed by atoms with Crippen molar-refractivity contribution in [2.75, 3.05) is 5.32 Å². The Kier molecular flexibility index (Phi) is 3.21. The first-order valence-corrected chi connectivity index (χ1v) is 7.21. The van der Waals surface area contributed by atoms with Crippen molar-refractivity contribution >= 4 is 22.9 Å². The van der Waals surface area contributed by atoms with Crippen LogP contribution in [-0.4, -0.2) is 14.6 Å². The zero-order chi connectivity index (χ0) is 13.2. The van der Waals surface area contributed by atoms with Crippen LogP contribution in [0.5, 0.6) is 0 Å². The highest BCUT2D eigenvalue weighted by Crippen LogP contribution is 2.18. The van der Waals surface area contributed by atoms with Crippen molar-refractivity contribution in [2.45, 2.75) is 26.8 Å². The van der Waals surface area contributed by atoms with Crippen LogP contribution < -0.4 is 5.32 Å². The Morgan fingerprint density at radius 3 is 2.89 bits per heavy atom. The molecular formula is C14H16N4S. The van der Waals surface area contributed by atoms with Crippen molar-refractivity contribution < 1.29 is 0 Å². The standard InChI is InChI=1S/C14H16N4S/c1-3-11-4-5-12(19-11)9-15-14-16-13-8-10(2)6-7-18(13)17-14/h4-8H,3,9H2,1-2H3,(H,15,17). The number of pyridine rings is 1. The molecule has 0 saturated carbocycles. The van der Waals surface area contributed by atoms with Crippen molar-refractivity contribution in [3.8, 4) is 0 Å². The lowest BCUT2D eigenvalue weighted by Gasteiger charge is -1.97. The van der Waals surface area contributed by atoms with Crippen LogP contribution in [0.4, 0.5) is 5.95 Å². The molecule has 0 unspecified atom stereocenters. The number of hydrogen-bond acceptors (Lipinski definition) is 4. The average Bonchev–Trinajstić information content (AvgIpc) is 3.01. The maximum Gasteiger partial charge on any atom is 0.243 e. The van der Waals surface area contributed by atoms with Crippen LogP contribution in [0.2, 0.25) is 0 Å². The molecule has 98 valence electrons. The highest BCUT2D eigenvalue weighted by atomic mass is 32.1. The molecule has 3 aromatic rings. The fourth-order valence-corrected chi connectivity index (χ4v) is 2.83. The third-order valence-electron chi connectivity index (χ3n) is 2.98. The normalized spacial score (nSPS) is 11.1. The SMILES string of the molecule is CCc1ccc(CNc2nc3cc(C)ccn3n2)s1. The summed E-state index contributed by atoms with van der Waals surface area (Å²) in [6, 6.07) is 8.40. The van der Waals surface area contributed by atoms with Crippen LogP contribution in [0.25, 0.3) is 5.65 Å². The summed E-state index contributed by atoms with van der Waals surface area (Å²) >= 11 is 1.84. The summed E-state index contributed by atoms with van der Waals surface area (Å²) in [6.07, 6.45) is 3.03. The van der Waals surface area contributed by atoms with Gasteiger partial charge in [-0.15, -0.1) is 16.4 Å². The summed E-state index contributed by atoms with van der Waals surface area (Å²) in [5.41, 5.74) is 2.07. The Labute approximate surface area is 116 Å². The van der Waals surface area contributed by atoms with Crippen molar-refractivity contribution in [3.63, 3.8) is 0 Å². The number of aromatic nitrogens is 3. The van der Waals surface area contributed by atoms with E-state index in [0.29, 0.717) is 5.95 Å². The van der Waals surface area contributed by atoms with Crippen LogP contribution in [-0.2, 0) is 13.0 Å². The van der Waals surface area contributed by atoms with Gasteiger partial charge in [0.25, 0.3) is 0 Å². The average molecular weight is 272 g/mol. The number of anilines is 1. The van der Waals surface area contributed by atoms with Crippen LogP contribution in [0.1, 0.15) is 22.2 Å². The molecule has 0 spiro atoms. The van der Waals surface area contributed by atoms with Gasteiger partial charge in [-0.3, -0.25) is 0 Å². The quantitative estimate of drug-likeness (QED) is 0.792. The molecule has 4 nitrogen and oxygen atoms in total.